The molecule has 6 nitrogen and oxygen atoms in total. The molecule has 2 heterocycles. The minimum Gasteiger partial charge on any atom is -0.497 e. The first-order valence-electron chi connectivity index (χ1n) is 9.47. The minimum absolute atomic E-state index is 0.0374. The smallest absolute Gasteiger partial charge is 0.270 e. The first-order valence-corrected chi connectivity index (χ1v) is 9.88. The molecule has 7 heteroatoms. The number of amides is 2. The molecule has 29 heavy (non-hydrogen) atoms. The van der Waals surface area contributed by atoms with Crippen molar-refractivity contribution >= 4 is 46.6 Å². The van der Waals surface area contributed by atoms with E-state index in [0.29, 0.717) is 11.4 Å². The second-order valence-corrected chi connectivity index (χ2v) is 7.33. The van der Waals surface area contributed by atoms with E-state index in [2.05, 4.69) is 10.2 Å². The van der Waals surface area contributed by atoms with E-state index in [1.165, 1.54) is 17.7 Å². The largest absolute Gasteiger partial charge is 0.497 e. The average Bonchev–Trinajstić information content (AvgIpc) is 3.26. The van der Waals surface area contributed by atoms with Crippen LogP contribution in [0.3, 0.4) is 0 Å². The van der Waals surface area contributed by atoms with Gasteiger partial charge in [0.25, 0.3) is 11.8 Å². The number of carbonyl (C=O) groups is 2. The van der Waals surface area contributed by atoms with Crippen molar-refractivity contribution in [3.8, 4) is 5.75 Å². The van der Waals surface area contributed by atoms with Crippen LogP contribution >= 0.6 is 12.2 Å². The number of anilines is 2. The van der Waals surface area contributed by atoms with E-state index < -0.39 is 11.8 Å². The SMILES string of the molecule is COc1cccc(N2C(=O)/C(=C\c3ccc(N4CCCC4)cc3)C(=O)NC2=S)c1. The minimum atomic E-state index is -0.497. The number of hydrogen-bond donors (Lipinski definition) is 1. The van der Waals surface area contributed by atoms with Gasteiger partial charge < -0.3 is 9.64 Å². The lowest BCUT2D eigenvalue weighted by molar-refractivity contribution is -0.122. The van der Waals surface area contributed by atoms with E-state index in [9.17, 15) is 9.59 Å². The maximum Gasteiger partial charge on any atom is 0.270 e. The molecule has 148 valence electrons. The van der Waals surface area contributed by atoms with Crippen molar-refractivity contribution in [3.05, 3.63) is 59.7 Å². The molecule has 0 aliphatic carbocycles. The van der Waals surface area contributed by atoms with Gasteiger partial charge in [0.15, 0.2) is 5.11 Å². The summed E-state index contributed by atoms with van der Waals surface area (Å²) >= 11 is 5.24. The Morgan fingerprint density at radius 3 is 2.45 bits per heavy atom. The topological polar surface area (TPSA) is 61.9 Å². The molecule has 0 bridgehead atoms. The Morgan fingerprint density at radius 1 is 1.03 bits per heavy atom. The van der Waals surface area contributed by atoms with Crippen LogP contribution in [-0.4, -0.2) is 37.1 Å². The van der Waals surface area contributed by atoms with E-state index in [1.54, 1.807) is 37.5 Å². The second kappa shape index (κ2) is 8.05. The number of hydrogen-bond acceptors (Lipinski definition) is 5. The van der Waals surface area contributed by atoms with Crippen LogP contribution in [0.5, 0.6) is 5.75 Å². The predicted octanol–water partition coefficient (Wildman–Crippen LogP) is 3.13. The molecule has 4 rings (SSSR count). The average molecular weight is 407 g/mol. The number of nitrogens with one attached hydrogen (secondary N) is 1. The van der Waals surface area contributed by atoms with Crippen LogP contribution in [0, 0.1) is 0 Å². The lowest BCUT2D eigenvalue weighted by Crippen LogP contribution is -2.54. The molecule has 0 spiro atoms. The molecular weight excluding hydrogens is 386 g/mol. The third-order valence-electron chi connectivity index (χ3n) is 5.09. The molecule has 2 aromatic rings. The van der Waals surface area contributed by atoms with E-state index >= 15 is 0 Å². The van der Waals surface area contributed by atoms with Gasteiger partial charge in [0.05, 0.1) is 12.8 Å². The zero-order valence-electron chi connectivity index (χ0n) is 16.1. The summed E-state index contributed by atoms with van der Waals surface area (Å²) in [6.07, 6.45) is 4.02. The van der Waals surface area contributed by atoms with E-state index in [0.717, 1.165) is 24.3 Å². The second-order valence-electron chi connectivity index (χ2n) is 6.95. The summed E-state index contributed by atoms with van der Waals surface area (Å²) in [5.41, 5.74) is 2.51. The van der Waals surface area contributed by atoms with Crippen molar-refractivity contribution in [2.24, 2.45) is 0 Å². The van der Waals surface area contributed by atoms with E-state index in [-0.39, 0.29) is 10.7 Å². The third-order valence-corrected chi connectivity index (χ3v) is 5.37. The van der Waals surface area contributed by atoms with Crippen molar-refractivity contribution in [1.82, 2.24) is 5.32 Å². The van der Waals surface area contributed by atoms with Crippen LogP contribution in [0.2, 0.25) is 0 Å². The maximum atomic E-state index is 13.1. The first-order chi connectivity index (χ1) is 14.1. The molecule has 2 fully saturated rings. The van der Waals surface area contributed by atoms with Gasteiger partial charge in [-0.15, -0.1) is 0 Å². The highest BCUT2D eigenvalue weighted by atomic mass is 32.1. The number of nitrogens with zero attached hydrogens (tertiary/aromatic N) is 2. The lowest BCUT2D eigenvalue weighted by atomic mass is 10.1. The highest BCUT2D eigenvalue weighted by Gasteiger charge is 2.34. The van der Waals surface area contributed by atoms with Crippen LogP contribution in [0.25, 0.3) is 6.08 Å². The van der Waals surface area contributed by atoms with Crippen LogP contribution in [0.4, 0.5) is 11.4 Å². The summed E-state index contributed by atoms with van der Waals surface area (Å²) in [5.74, 6) is -0.364. The number of thiocarbonyl (C=S) groups is 1. The van der Waals surface area contributed by atoms with Crippen molar-refractivity contribution < 1.29 is 14.3 Å². The number of benzene rings is 2. The molecule has 2 aromatic carbocycles. The molecule has 0 saturated carbocycles. The summed E-state index contributed by atoms with van der Waals surface area (Å²) < 4.78 is 5.23. The quantitative estimate of drug-likeness (QED) is 0.479. The van der Waals surface area contributed by atoms with Gasteiger partial charge in [-0.3, -0.25) is 19.8 Å². The van der Waals surface area contributed by atoms with Gasteiger partial charge in [0.2, 0.25) is 0 Å². The Labute approximate surface area is 174 Å². The summed E-state index contributed by atoms with van der Waals surface area (Å²) in [4.78, 5) is 29.2. The molecule has 1 N–H and O–H groups in total. The summed E-state index contributed by atoms with van der Waals surface area (Å²) in [7, 11) is 1.55. The molecule has 2 aliphatic heterocycles. The van der Waals surface area contributed by atoms with Crippen LogP contribution in [0.1, 0.15) is 18.4 Å². The lowest BCUT2D eigenvalue weighted by Gasteiger charge is -2.29. The van der Waals surface area contributed by atoms with E-state index in [1.807, 2.05) is 24.3 Å². The molecule has 2 aliphatic rings. The fourth-order valence-electron chi connectivity index (χ4n) is 3.56. The van der Waals surface area contributed by atoms with Crippen molar-refractivity contribution in [1.29, 1.82) is 0 Å². The zero-order valence-corrected chi connectivity index (χ0v) is 16.9. The Hall–Kier alpha value is -3.19. The van der Waals surface area contributed by atoms with Gasteiger partial charge in [-0.1, -0.05) is 18.2 Å². The molecule has 2 amide bonds. The van der Waals surface area contributed by atoms with Gasteiger partial charge in [0.1, 0.15) is 11.3 Å². The van der Waals surface area contributed by atoms with Gasteiger partial charge >= 0.3 is 0 Å². The monoisotopic (exact) mass is 407 g/mol. The number of rotatable bonds is 4. The zero-order chi connectivity index (χ0) is 20.4. The highest BCUT2D eigenvalue weighted by Crippen LogP contribution is 2.26. The fraction of sp³-hybridized carbons (Fsp3) is 0.227. The summed E-state index contributed by atoms with van der Waals surface area (Å²) in [5, 5.41) is 2.65. The van der Waals surface area contributed by atoms with Crippen molar-refractivity contribution in [2.45, 2.75) is 12.8 Å². The third kappa shape index (κ3) is 3.86. The normalized spacial score (nSPS) is 18.4. The van der Waals surface area contributed by atoms with Gasteiger partial charge in [-0.2, -0.15) is 0 Å². The summed E-state index contributed by atoms with van der Waals surface area (Å²) in [6, 6.07) is 14.9. The highest BCUT2D eigenvalue weighted by molar-refractivity contribution is 7.80. The fourth-order valence-corrected chi connectivity index (χ4v) is 3.85. The molecule has 2 saturated heterocycles. The van der Waals surface area contributed by atoms with Crippen molar-refractivity contribution in [3.63, 3.8) is 0 Å². The molecular formula is C22H21N3O3S. The molecule has 0 unspecified atom stereocenters. The first kappa shape index (κ1) is 19.1. The van der Waals surface area contributed by atoms with Crippen molar-refractivity contribution in [2.75, 3.05) is 30.0 Å². The van der Waals surface area contributed by atoms with Crippen LogP contribution in [0.15, 0.2) is 54.1 Å². The standard InChI is InChI=1S/C22H21N3O3S/c1-28-18-6-4-5-17(14-18)25-21(27)19(20(26)23-22(25)29)13-15-7-9-16(10-8-15)24-11-2-3-12-24/h4-10,13-14H,2-3,11-12H2,1H3,(H,23,26,29)/b19-13-. The Balaban J connectivity index is 1.62. The Bertz CT molecular complexity index is 995. The number of methoxy groups -OCH3 is 1. The summed E-state index contributed by atoms with van der Waals surface area (Å²) in [6.45, 7) is 2.13. The number of carbonyl (C=O) groups excluding carboxylic acids is 2. The Morgan fingerprint density at radius 2 is 1.76 bits per heavy atom. The predicted molar refractivity (Wildman–Crippen MR) is 117 cm³/mol. The van der Waals surface area contributed by atoms with Gasteiger partial charge in [-0.25, -0.2) is 0 Å². The number of ether oxygens (including phenoxy) is 1. The van der Waals surface area contributed by atoms with Crippen LogP contribution in [-0.2, 0) is 9.59 Å². The Kier molecular flexibility index (Phi) is 5.31. The van der Waals surface area contributed by atoms with Gasteiger partial charge in [0, 0.05) is 24.8 Å². The van der Waals surface area contributed by atoms with Gasteiger partial charge in [-0.05, 0) is 61.0 Å². The molecule has 0 radical (unpaired) electrons. The van der Waals surface area contributed by atoms with E-state index in [4.69, 9.17) is 17.0 Å². The maximum absolute atomic E-state index is 13.1. The molecule has 0 atom stereocenters. The molecule has 0 aromatic heterocycles. The van der Waals surface area contributed by atoms with Crippen LogP contribution < -0.4 is 19.9 Å².